The molecule has 78 valence electrons. The molecule has 0 aromatic rings. The zero-order chi connectivity index (χ0) is 9.68. The Morgan fingerprint density at radius 1 is 1.46 bits per heavy atom. The molecule has 1 unspecified atom stereocenters. The van der Waals surface area contributed by atoms with Crippen molar-refractivity contribution in [2.45, 2.75) is 33.1 Å². The molecule has 0 radical (unpaired) electrons. The number of rotatable bonds is 7. The summed E-state index contributed by atoms with van der Waals surface area (Å²) in [5.41, 5.74) is 0. The van der Waals surface area contributed by atoms with E-state index in [9.17, 15) is 0 Å². The van der Waals surface area contributed by atoms with Gasteiger partial charge in [0.15, 0.2) is 0 Å². The lowest BCUT2D eigenvalue weighted by Crippen LogP contribution is -2.31. The van der Waals surface area contributed by atoms with E-state index in [1.165, 1.54) is 38.9 Å². The Morgan fingerprint density at radius 2 is 2.15 bits per heavy atom. The van der Waals surface area contributed by atoms with Crippen LogP contribution in [0.5, 0.6) is 0 Å². The molecule has 13 heavy (non-hydrogen) atoms. The van der Waals surface area contributed by atoms with Crippen LogP contribution in [0, 0.1) is 11.8 Å². The maximum absolute atomic E-state index is 3.55. The molecule has 0 saturated heterocycles. The zero-order valence-electron chi connectivity index (χ0n) is 8.93. The van der Waals surface area contributed by atoms with E-state index >= 15 is 0 Å². The molecule has 0 heterocycles. The molecule has 1 nitrogen and oxygen atoms in total. The van der Waals surface area contributed by atoms with Gasteiger partial charge in [0.05, 0.1) is 0 Å². The van der Waals surface area contributed by atoms with Crippen molar-refractivity contribution in [3.05, 3.63) is 0 Å². The predicted octanol–water partition coefficient (Wildman–Crippen LogP) is 3.14. The highest BCUT2D eigenvalue weighted by Gasteiger charge is 2.24. The van der Waals surface area contributed by atoms with Gasteiger partial charge in [0.2, 0.25) is 0 Å². The summed E-state index contributed by atoms with van der Waals surface area (Å²) in [6.07, 6.45) is 4.24. The largest absolute Gasteiger partial charge is 0.303 e. The predicted molar refractivity (Wildman–Crippen MR) is 62.4 cm³/mol. The molecule has 1 fully saturated rings. The van der Waals surface area contributed by atoms with Crippen LogP contribution in [0.15, 0.2) is 0 Å². The number of alkyl halides is 1. The minimum absolute atomic E-state index is 0.797. The minimum Gasteiger partial charge on any atom is -0.303 e. The van der Waals surface area contributed by atoms with Crippen molar-refractivity contribution in [2.75, 3.05) is 25.0 Å². The van der Waals surface area contributed by atoms with Gasteiger partial charge < -0.3 is 4.90 Å². The highest BCUT2D eigenvalue weighted by Crippen LogP contribution is 2.29. The first-order valence-corrected chi connectivity index (χ1v) is 6.66. The summed E-state index contributed by atoms with van der Waals surface area (Å²) < 4.78 is 0. The third-order valence-corrected chi connectivity index (χ3v) is 3.69. The molecular formula is C11H22BrN. The summed E-state index contributed by atoms with van der Waals surface area (Å²) in [6, 6.07) is 0. The average molecular weight is 248 g/mol. The van der Waals surface area contributed by atoms with E-state index in [-0.39, 0.29) is 0 Å². The fourth-order valence-corrected chi connectivity index (χ4v) is 1.93. The van der Waals surface area contributed by atoms with Gasteiger partial charge in [-0.2, -0.15) is 0 Å². The number of halogens is 1. The second-order valence-corrected chi connectivity index (χ2v) is 5.11. The number of nitrogens with zero attached hydrogens (tertiary/aromatic N) is 1. The SMILES string of the molecule is CCCN(CC(C)CBr)CC1CC1. The monoisotopic (exact) mass is 247 g/mol. The molecule has 0 aromatic carbocycles. The third kappa shape index (κ3) is 5.02. The number of hydrogen-bond donors (Lipinski definition) is 0. The van der Waals surface area contributed by atoms with Gasteiger partial charge in [-0.05, 0) is 37.6 Å². The van der Waals surface area contributed by atoms with Crippen LogP contribution in [0.3, 0.4) is 0 Å². The third-order valence-electron chi connectivity index (χ3n) is 2.59. The van der Waals surface area contributed by atoms with Crippen molar-refractivity contribution >= 4 is 15.9 Å². The van der Waals surface area contributed by atoms with Crippen LogP contribution in [-0.2, 0) is 0 Å². The van der Waals surface area contributed by atoms with E-state index in [0.717, 1.165) is 17.2 Å². The van der Waals surface area contributed by atoms with E-state index in [1.54, 1.807) is 0 Å². The normalized spacial score (nSPS) is 19.4. The van der Waals surface area contributed by atoms with Crippen LogP contribution in [-0.4, -0.2) is 29.9 Å². The molecule has 1 rings (SSSR count). The highest BCUT2D eigenvalue weighted by molar-refractivity contribution is 9.09. The summed E-state index contributed by atoms with van der Waals surface area (Å²) in [6.45, 7) is 8.51. The summed E-state index contributed by atoms with van der Waals surface area (Å²) in [7, 11) is 0. The molecule has 0 amide bonds. The van der Waals surface area contributed by atoms with Gasteiger partial charge in [0.1, 0.15) is 0 Å². The van der Waals surface area contributed by atoms with E-state index in [2.05, 4.69) is 34.7 Å². The van der Waals surface area contributed by atoms with Crippen molar-refractivity contribution in [3.63, 3.8) is 0 Å². The lowest BCUT2D eigenvalue weighted by Gasteiger charge is -2.24. The van der Waals surface area contributed by atoms with Crippen LogP contribution in [0.4, 0.5) is 0 Å². The maximum atomic E-state index is 3.55. The second-order valence-electron chi connectivity index (χ2n) is 4.46. The molecule has 1 atom stereocenters. The Bertz CT molecular complexity index is 134. The lowest BCUT2D eigenvalue weighted by molar-refractivity contribution is 0.237. The van der Waals surface area contributed by atoms with Crippen molar-refractivity contribution in [3.8, 4) is 0 Å². The Labute approximate surface area is 91.0 Å². The first-order valence-electron chi connectivity index (χ1n) is 5.54. The van der Waals surface area contributed by atoms with Crippen LogP contribution in [0.25, 0.3) is 0 Å². The maximum Gasteiger partial charge on any atom is 0.00692 e. The Hall–Kier alpha value is 0.440. The van der Waals surface area contributed by atoms with Crippen molar-refractivity contribution in [2.24, 2.45) is 11.8 Å². The van der Waals surface area contributed by atoms with E-state index < -0.39 is 0 Å². The van der Waals surface area contributed by atoms with Gasteiger partial charge in [-0.1, -0.05) is 29.8 Å². The first-order chi connectivity index (χ1) is 6.26. The highest BCUT2D eigenvalue weighted by atomic mass is 79.9. The molecule has 2 heteroatoms. The fraction of sp³-hybridized carbons (Fsp3) is 1.00. The molecule has 0 bridgehead atoms. The molecule has 1 aliphatic carbocycles. The van der Waals surface area contributed by atoms with Gasteiger partial charge in [-0.3, -0.25) is 0 Å². The van der Waals surface area contributed by atoms with Gasteiger partial charge in [0.25, 0.3) is 0 Å². The van der Waals surface area contributed by atoms with E-state index in [4.69, 9.17) is 0 Å². The van der Waals surface area contributed by atoms with Crippen LogP contribution < -0.4 is 0 Å². The molecule has 0 aromatic heterocycles. The Morgan fingerprint density at radius 3 is 2.62 bits per heavy atom. The zero-order valence-corrected chi connectivity index (χ0v) is 10.5. The fourth-order valence-electron chi connectivity index (χ4n) is 1.73. The molecule has 1 aliphatic rings. The number of hydrogen-bond acceptors (Lipinski definition) is 1. The average Bonchev–Trinajstić information content (AvgIpc) is 2.88. The minimum atomic E-state index is 0.797. The van der Waals surface area contributed by atoms with Crippen molar-refractivity contribution in [1.82, 2.24) is 4.90 Å². The topological polar surface area (TPSA) is 3.24 Å². The van der Waals surface area contributed by atoms with Crippen LogP contribution >= 0.6 is 15.9 Å². The van der Waals surface area contributed by atoms with E-state index in [0.29, 0.717) is 0 Å². The Kier molecular flexibility index (Phi) is 5.34. The summed E-state index contributed by atoms with van der Waals surface area (Å²) in [4.78, 5) is 2.64. The molecule has 0 aliphatic heterocycles. The van der Waals surface area contributed by atoms with Gasteiger partial charge in [0, 0.05) is 18.4 Å². The molecule has 1 saturated carbocycles. The molecule has 0 N–H and O–H groups in total. The second kappa shape index (κ2) is 6.02. The Balaban J connectivity index is 2.18. The lowest BCUT2D eigenvalue weighted by atomic mass is 10.2. The first kappa shape index (κ1) is 11.5. The van der Waals surface area contributed by atoms with Crippen molar-refractivity contribution < 1.29 is 0 Å². The van der Waals surface area contributed by atoms with Crippen molar-refractivity contribution in [1.29, 1.82) is 0 Å². The van der Waals surface area contributed by atoms with Gasteiger partial charge >= 0.3 is 0 Å². The molecule has 0 spiro atoms. The smallest absolute Gasteiger partial charge is 0.00692 e. The van der Waals surface area contributed by atoms with E-state index in [1.807, 2.05) is 0 Å². The standard InChI is InChI=1S/C11H22BrN/c1-3-6-13(8-10(2)7-12)9-11-4-5-11/h10-11H,3-9H2,1-2H3. The molecular weight excluding hydrogens is 226 g/mol. The van der Waals surface area contributed by atoms with Crippen LogP contribution in [0.2, 0.25) is 0 Å². The van der Waals surface area contributed by atoms with Gasteiger partial charge in [-0.25, -0.2) is 0 Å². The quantitative estimate of drug-likeness (QED) is 0.625. The van der Waals surface area contributed by atoms with Crippen LogP contribution in [0.1, 0.15) is 33.1 Å². The summed E-state index contributed by atoms with van der Waals surface area (Å²) >= 11 is 3.55. The summed E-state index contributed by atoms with van der Waals surface area (Å²) in [5.74, 6) is 1.83. The van der Waals surface area contributed by atoms with Gasteiger partial charge in [-0.15, -0.1) is 0 Å². The summed E-state index contributed by atoms with van der Waals surface area (Å²) in [5, 5.41) is 1.14.